The topological polar surface area (TPSA) is 119 Å². The molecule has 1 amide bonds. The van der Waals surface area contributed by atoms with Gasteiger partial charge in [0.1, 0.15) is 16.6 Å². The van der Waals surface area contributed by atoms with Crippen LogP contribution in [0.4, 0.5) is 5.00 Å². The van der Waals surface area contributed by atoms with Crippen LogP contribution < -0.4 is 5.32 Å². The van der Waals surface area contributed by atoms with E-state index in [1.54, 1.807) is 19.1 Å². The molecule has 1 N–H and O–H groups in total. The molecule has 1 aliphatic heterocycles. The first-order valence-corrected chi connectivity index (χ1v) is 15.2. The number of ether oxygens (including phenoxy) is 2. The lowest BCUT2D eigenvalue weighted by molar-refractivity contribution is -0.150. The summed E-state index contributed by atoms with van der Waals surface area (Å²) < 4.78 is 38.0. The molecule has 40 heavy (non-hydrogen) atoms. The Kier molecular flexibility index (Phi) is 9.07. The highest BCUT2D eigenvalue weighted by molar-refractivity contribution is 7.89. The SMILES string of the molecule is CCOC(=O)c1c(NC(=O)COC(=O)[C@@H]2CCCN2S(=O)(=O)c2ccc(C)cc2)sc(C)c1-c1ccc(C)cc1. The summed E-state index contributed by atoms with van der Waals surface area (Å²) in [4.78, 5) is 39.5. The molecule has 1 aliphatic rings. The second-order valence-electron chi connectivity index (χ2n) is 9.57. The minimum Gasteiger partial charge on any atom is -0.462 e. The third kappa shape index (κ3) is 6.27. The van der Waals surface area contributed by atoms with E-state index in [-0.39, 0.29) is 28.6 Å². The number of carbonyl (C=O) groups excluding carboxylic acids is 3. The molecule has 0 radical (unpaired) electrons. The van der Waals surface area contributed by atoms with Gasteiger partial charge in [-0.3, -0.25) is 9.59 Å². The van der Waals surface area contributed by atoms with Crippen molar-refractivity contribution in [3.05, 3.63) is 70.1 Å². The van der Waals surface area contributed by atoms with Crippen LogP contribution in [0.15, 0.2) is 53.4 Å². The van der Waals surface area contributed by atoms with E-state index in [9.17, 15) is 22.8 Å². The fourth-order valence-electron chi connectivity index (χ4n) is 4.60. The fraction of sp³-hybridized carbons (Fsp3) is 0.345. The summed E-state index contributed by atoms with van der Waals surface area (Å²) in [6.45, 7) is 7.08. The predicted molar refractivity (Wildman–Crippen MR) is 153 cm³/mol. The number of esters is 2. The molecule has 0 unspecified atom stereocenters. The Morgan fingerprint density at radius 3 is 2.23 bits per heavy atom. The largest absolute Gasteiger partial charge is 0.462 e. The first kappa shape index (κ1) is 29.4. The van der Waals surface area contributed by atoms with E-state index < -0.39 is 40.5 Å². The zero-order valence-electron chi connectivity index (χ0n) is 22.9. The van der Waals surface area contributed by atoms with Crippen LogP contribution in [0.3, 0.4) is 0 Å². The minimum absolute atomic E-state index is 0.0967. The van der Waals surface area contributed by atoms with Crippen LogP contribution in [-0.4, -0.2) is 56.4 Å². The van der Waals surface area contributed by atoms with E-state index in [0.717, 1.165) is 25.9 Å². The highest BCUT2D eigenvalue weighted by Crippen LogP contribution is 2.40. The van der Waals surface area contributed by atoms with Gasteiger partial charge < -0.3 is 14.8 Å². The molecule has 1 fully saturated rings. The van der Waals surface area contributed by atoms with Gasteiger partial charge in [-0.15, -0.1) is 11.3 Å². The Morgan fingerprint density at radius 1 is 0.975 bits per heavy atom. The second kappa shape index (κ2) is 12.3. The standard InChI is InChI=1S/C29H32N2O7S2/c1-5-37-29(34)26-25(21-12-8-18(2)9-13-21)20(4)39-27(26)30-24(32)17-38-28(33)23-7-6-16-31(23)40(35,36)22-14-10-19(3)11-15-22/h8-15,23H,5-7,16-17H2,1-4H3,(H,30,32)/t23-/m0/s1. The maximum atomic E-state index is 13.2. The van der Waals surface area contributed by atoms with E-state index >= 15 is 0 Å². The molecule has 0 spiro atoms. The molecule has 1 atom stereocenters. The van der Waals surface area contributed by atoms with E-state index in [4.69, 9.17) is 9.47 Å². The van der Waals surface area contributed by atoms with Gasteiger partial charge in [-0.25, -0.2) is 13.2 Å². The summed E-state index contributed by atoms with van der Waals surface area (Å²) in [5.41, 5.74) is 3.70. The van der Waals surface area contributed by atoms with Gasteiger partial charge >= 0.3 is 11.9 Å². The molecule has 212 valence electrons. The van der Waals surface area contributed by atoms with Crippen LogP contribution in [0.2, 0.25) is 0 Å². The Hall–Kier alpha value is -3.54. The van der Waals surface area contributed by atoms with Crippen molar-refractivity contribution in [2.75, 3.05) is 25.1 Å². The zero-order chi connectivity index (χ0) is 29.0. The number of thiophene rings is 1. The molecular weight excluding hydrogens is 552 g/mol. The van der Waals surface area contributed by atoms with Crippen molar-refractivity contribution in [2.24, 2.45) is 0 Å². The van der Waals surface area contributed by atoms with Gasteiger partial charge in [0, 0.05) is 17.0 Å². The molecule has 0 aliphatic carbocycles. The summed E-state index contributed by atoms with van der Waals surface area (Å²) in [5.74, 6) is -2.02. The van der Waals surface area contributed by atoms with Crippen LogP contribution in [-0.2, 0) is 29.1 Å². The van der Waals surface area contributed by atoms with Crippen molar-refractivity contribution in [3.8, 4) is 11.1 Å². The Labute approximate surface area is 238 Å². The normalized spacial score (nSPS) is 15.6. The molecule has 11 heteroatoms. The first-order chi connectivity index (χ1) is 19.0. The van der Waals surface area contributed by atoms with E-state index in [2.05, 4.69) is 5.32 Å². The van der Waals surface area contributed by atoms with Gasteiger partial charge in [0.25, 0.3) is 5.91 Å². The number of anilines is 1. The summed E-state index contributed by atoms with van der Waals surface area (Å²) >= 11 is 1.22. The van der Waals surface area contributed by atoms with Gasteiger partial charge in [0.2, 0.25) is 10.0 Å². The monoisotopic (exact) mass is 584 g/mol. The van der Waals surface area contributed by atoms with Crippen molar-refractivity contribution in [2.45, 2.75) is 51.5 Å². The van der Waals surface area contributed by atoms with Gasteiger partial charge in [-0.2, -0.15) is 4.31 Å². The zero-order valence-corrected chi connectivity index (χ0v) is 24.5. The smallest absolute Gasteiger partial charge is 0.341 e. The Bertz CT molecular complexity index is 1510. The van der Waals surface area contributed by atoms with Gasteiger partial charge in [0.05, 0.1) is 11.5 Å². The molecule has 4 rings (SSSR count). The quantitative estimate of drug-likeness (QED) is 0.357. The summed E-state index contributed by atoms with van der Waals surface area (Å²) in [6.07, 6.45) is 0.790. The molecule has 1 saturated heterocycles. The third-order valence-electron chi connectivity index (χ3n) is 6.61. The number of hydrogen-bond acceptors (Lipinski definition) is 8. The number of nitrogens with zero attached hydrogens (tertiary/aromatic N) is 1. The second-order valence-corrected chi connectivity index (χ2v) is 12.7. The number of nitrogens with one attached hydrogen (secondary N) is 1. The number of sulfonamides is 1. The van der Waals surface area contributed by atoms with Crippen molar-refractivity contribution in [1.82, 2.24) is 4.31 Å². The van der Waals surface area contributed by atoms with E-state index in [0.29, 0.717) is 18.4 Å². The molecule has 9 nitrogen and oxygen atoms in total. The van der Waals surface area contributed by atoms with Gasteiger partial charge in [-0.1, -0.05) is 47.5 Å². The van der Waals surface area contributed by atoms with Crippen LogP contribution in [0.25, 0.3) is 11.1 Å². The average molecular weight is 585 g/mol. The maximum Gasteiger partial charge on any atom is 0.341 e. The Balaban J connectivity index is 1.48. The Morgan fingerprint density at radius 2 is 1.60 bits per heavy atom. The van der Waals surface area contributed by atoms with Crippen LogP contribution in [0.1, 0.15) is 46.1 Å². The highest BCUT2D eigenvalue weighted by Gasteiger charge is 2.40. The number of rotatable bonds is 9. The van der Waals surface area contributed by atoms with Crippen molar-refractivity contribution in [3.63, 3.8) is 0 Å². The molecule has 2 aromatic carbocycles. The summed E-state index contributed by atoms with van der Waals surface area (Å²) in [6, 6.07) is 13.1. The molecular formula is C29H32N2O7S2. The van der Waals surface area contributed by atoms with Crippen molar-refractivity contribution in [1.29, 1.82) is 0 Å². The molecule has 2 heterocycles. The summed E-state index contributed by atoms with van der Waals surface area (Å²) in [7, 11) is -3.91. The number of carbonyl (C=O) groups is 3. The lowest BCUT2D eigenvalue weighted by Crippen LogP contribution is -2.42. The minimum atomic E-state index is -3.91. The lowest BCUT2D eigenvalue weighted by atomic mass is 10.0. The number of benzene rings is 2. The first-order valence-electron chi connectivity index (χ1n) is 13.0. The van der Waals surface area contributed by atoms with Crippen LogP contribution in [0, 0.1) is 20.8 Å². The molecule has 3 aromatic rings. The summed E-state index contributed by atoms with van der Waals surface area (Å²) in [5, 5.41) is 2.97. The molecule has 0 saturated carbocycles. The van der Waals surface area contributed by atoms with Crippen LogP contribution >= 0.6 is 11.3 Å². The van der Waals surface area contributed by atoms with Crippen molar-refractivity contribution >= 4 is 44.2 Å². The van der Waals surface area contributed by atoms with Gasteiger partial charge in [-0.05, 0) is 58.2 Å². The average Bonchev–Trinajstić information content (AvgIpc) is 3.54. The number of hydrogen-bond donors (Lipinski definition) is 1. The number of aryl methyl sites for hydroxylation is 3. The van der Waals surface area contributed by atoms with E-state index in [1.807, 2.05) is 45.0 Å². The molecule has 1 aromatic heterocycles. The maximum absolute atomic E-state index is 13.2. The number of amides is 1. The highest BCUT2D eigenvalue weighted by atomic mass is 32.2. The van der Waals surface area contributed by atoms with Crippen LogP contribution in [0.5, 0.6) is 0 Å². The predicted octanol–water partition coefficient (Wildman–Crippen LogP) is 4.85. The molecule has 0 bridgehead atoms. The fourth-order valence-corrected chi connectivity index (χ4v) is 7.33. The lowest BCUT2D eigenvalue weighted by Gasteiger charge is -2.22. The van der Waals surface area contributed by atoms with Gasteiger partial charge in [0.15, 0.2) is 6.61 Å². The third-order valence-corrected chi connectivity index (χ3v) is 9.55. The van der Waals surface area contributed by atoms with E-state index in [1.165, 1.54) is 23.5 Å². The van der Waals surface area contributed by atoms with Crippen molar-refractivity contribution < 1.29 is 32.3 Å².